The lowest BCUT2D eigenvalue weighted by atomic mass is 10.1. The minimum atomic E-state index is -0.650. The number of nitrogens with zero attached hydrogens (tertiary/aromatic N) is 3. The van der Waals surface area contributed by atoms with Crippen molar-refractivity contribution in [1.29, 1.82) is 0 Å². The predicted molar refractivity (Wildman–Crippen MR) is 120 cm³/mol. The number of rotatable bonds is 6. The van der Waals surface area contributed by atoms with Gasteiger partial charge in [-0.25, -0.2) is 14.2 Å². The lowest BCUT2D eigenvalue weighted by Crippen LogP contribution is -2.43. The second kappa shape index (κ2) is 8.63. The number of aromatic amines is 1. The minimum absolute atomic E-state index is 0.00550. The van der Waals surface area contributed by atoms with Crippen LogP contribution in [0.15, 0.2) is 61.6 Å². The smallest absolute Gasteiger partial charge is 0.338 e. The maximum Gasteiger partial charge on any atom is 0.338 e. The van der Waals surface area contributed by atoms with Gasteiger partial charge >= 0.3 is 11.4 Å². The van der Waals surface area contributed by atoms with Gasteiger partial charge < -0.3 is 5.32 Å². The molecular weight excluding hydrogens is 398 g/mol. The second-order valence-corrected chi connectivity index (χ2v) is 7.99. The molecule has 1 aromatic carbocycles. The average Bonchev–Trinajstić information content (AvgIpc) is 2.67. The van der Waals surface area contributed by atoms with Crippen LogP contribution in [0.25, 0.3) is 5.82 Å². The number of H-pyrrole nitrogens is 1. The Morgan fingerprint density at radius 3 is 1.94 bits per heavy atom. The quantitative estimate of drug-likeness (QED) is 0.629. The first-order valence-electron chi connectivity index (χ1n) is 10.2. The SMILES string of the molecule is CC(C)n1c(=O)cc(-n2c(N[C@@H](C)c3ccccc3)cc(=O)n(C(C)C)c2=O)[nH]c1=O. The molecule has 0 aliphatic rings. The summed E-state index contributed by atoms with van der Waals surface area (Å²) in [6.45, 7) is 8.75. The van der Waals surface area contributed by atoms with Crippen molar-refractivity contribution in [2.75, 3.05) is 5.32 Å². The molecule has 0 unspecified atom stereocenters. The molecule has 31 heavy (non-hydrogen) atoms. The zero-order valence-corrected chi connectivity index (χ0v) is 18.2. The molecule has 1 atom stereocenters. The van der Waals surface area contributed by atoms with Crippen LogP contribution in [0.3, 0.4) is 0 Å². The van der Waals surface area contributed by atoms with Crippen LogP contribution in [-0.2, 0) is 0 Å². The van der Waals surface area contributed by atoms with Crippen molar-refractivity contribution in [3.63, 3.8) is 0 Å². The molecule has 2 N–H and O–H groups in total. The molecule has 0 spiro atoms. The predicted octanol–water partition coefficient (Wildman–Crippen LogP) is 2.18. The van der Waals surface area contributed by atoms with E-state index in [1.54, 1.807) is 27.7 Å². The van der Waals surface area contributed by atoms with Gasteiger partial charge in [-0.15, -0.1) is 0 Å². The molecule has 0 aliphatic heterocycles. The van der Waals surface area contributed by atoms with Crippen molar-refractivity contribution in [3.8, 4) is 5.82 Å². The Morgan fingerprint density at radius 2 is 1.39 bits per heavy atom. The van der Waals surface area contributed by atoms with E-state index in [-0.39, 0.29) is 23.7 Å². The molecule has 0 bridgehead atoms. The first-order chi connectivity index (χ1) is 14.6. The molecule has 0 amide bonds. The second-order valence-electron chi connectivity index (χ2n) is 7.99. The summed E-state index contributed by atoms with van der Waals surface area (Å²) < 4.78 is 3.30. The number of benzene rings is 1. The van der Waals surface area contributed by atoms with E-state index < -0.39 is 28.5 Å². The van der Waals surface area contributed by atoms with E-state index in [0.29, 0.717) is 0 Å². The van der Waals surface area contributed by atoms with Crippen LogP contribution in [-0.4, -0.2) is 18.7 Å². The van der Waals surface area contributed by atoms with Gasteiger partial charge in [0.25, 0.3) is 11.1 Å². The summed E-state index contributed by atoms with van der Waals surface area (Å²) >= 11 is 0. The highest BCUT2D eigenvalue weighted by Crippen LogP contribution is 2.19. The molecule has 0 saturated heterocycles. The Morgan fingerprint density at radius 1 is 0.806 bits per heavy atom. The molecule has 0 aliphatic carbocycles. The normalized spacial score (nSPS) is 12.4. The summed E-state index contributed by atoms with van der Waals surface area (Å²) in [5, 5.41) is 3.17. The summed E-state index contributed by atoms with van der Waals surface area (Å²) in [7, 11) is 0. The summed E-state index contributed by atoms with van der Waals surface area (Å²) in [5.41, 5.74) is -1.35. The van der Waals surface area contributed by atoms with Crippen LogP contribution >= 0.6 is 0 Å². The fourth-order valence-electron chi connectivity index (χ4n) is 3.52. The Bertz CT molecular complexity index is 1280. The molecule has 3 rings (SSSR count). The van der Waals surface area contributed by atoms with E-state index in [4.69, 9.17) is 0 Å². The third-order valence-electron chi connectivity index (χ3n) is 5.02. The monoisotopic (exact) mass is 425 g/mol. The lowest BCUT2D eigenvalue weighted by Gasteiger charge is -2.21. The van der Waals surface area contributed by atoms with Gasteiger partial charge in [-0.1, -0.05) is 30.3 Å². The molecule has 9 heteroatoms. The van der Waals surface area contributed by atoms with Gasteiger partial charge in [0.1, 0.15) is 11.6 Å². The molecule has 2 aromatic heterocycles. The van der Waals surface area contributed by atoms with E-state index >= 15 is 0 Å². The number of hydrogen-bond acceptors (Lipinski definition) is 5. The standard InChI is InChI=1S/C22H27N5O4/c1-13(2)25-19(28)12-18(24-21(25)30)27-17(11-20(29)26(14(3)4)22(27)31)23-15(5)16-9-7-6-8-10-16/h6-15,23H,1-5H3,(H,24,30)/t15-/m0/s1. The van der Waals surface area contributed by atoms with Crippen LogP contribution in [0.1, 0.15) is 58.3 Å². The third kappa shape index (κ3) is 4.30. The van der Waals surface area contributed by atoms with E-state index in [1.807, 2.05) is 37.3 Å². The number of nitrogens with one attached hydrogen (secondary N) is 2. The van der Waals surface area contributed by atoms with Gasteiger partial charge in [-0.2, -0.15) is 0 Å². The van der Waals surface area contributed by atoms with Crippen molar-refractivity contribution < 1.29 is 0 Å². The highest BCUT2D eigenvalue weighted by molar-refractivity contribution is 5.44. The van der Waals surface area contributed by atoms with Crippen LogP contribution in [0.4, 0.5) is 5.82 Å². The van der Waals surface area contributed by atoms with Crippen LogP contribution in [0.5, 0.6) is 0 Å². The maximum atomic E-state index is 13.3. The first-order valence-corrected chi connectivity index (χ1v) is 10.2. The van der Waals surface area contributed by atoms with E-state index in [9.17, 15) is 19.2 Å². The van der Waals surface area contributed by atoms with Crippen molar-refractivity contribution in [3.05, 3.63) is 89.7 Å². The van der Waals surface area contributed by atoms with Gasteiger partial charge in [0.05, 0.1) is 0 Å². The van der Waals surface area contributed by atoms with Crippen LogP contribution in [0, 0.1) is 0 Å². The van der Waals surface area contributed by atoms with E-state index in [1.165, 1.54) is 12.1 Å². The summed E-state index contributed by atoms with van der Waals surface area (Å²) in [6.07, 6.45) is 0. The summed E-state index contributed by atoms with van der Waals surface area (Å²) in [5.74, 6) is 0.176. The Balaban J connectivity index is 2.26. The van der Waals surface area contributed by atoms with Crippen molar-refractivity contribution in [2.24, 2.45) is 0 Å². The molecule has 0 radical (unpaired) electrons. The highest BCUT2D eigenvalue weighted by Gasteiger charge is 2.19. The van der Waals surface area contributed by atoms with E-state index in [2.05, 4.69) is 10.3 Å². The first kappa shape index (κ1) is 22.1. The average molecular weight is 425 g/mol. The number of hydrogen-bond donors (Lipinski definition) is 2. The van der Waals surface area contributed by atoms with Crippen LogP contribution in [0.2, 0.25) is 0 Å². The Kier molecular flexibility index (Phi) is 6.14. The number of anilines is 1. The summed E-state index contributed by atoms with van der Waals surface area (Å²) in [4.78, 5) is 53.6. The molecular formula is C22H27N5O4. The van der Waals surface area contributed by atoms with Gasteiger partial charge in [-0.05, 0) is 40.2 Å². The fraction of sp³-hybridized carbons (Fsp3) is 0.364. The highest BCUT2D eigenvalue weighted by atomic mass is 16.2. The van der Waals surface area contributed by atoms with Gasteiger partial charge in [0.15, 0.2) is 0 Å². The third-order valence-corrected chi connectivity index (χ3v) is 5.02. The van der Waals surface area contributed by atoms with Crippen molar-refractivity contribution >= 4 is 5.82 Å². The lowest BCUT2D eigenvalue weighted by molar-refractivity contribution is 0.525. The van der Waals surface area contributed by atoms with E-state index in [0.717, 1.165) is 19.3 Å². The van der Waals surface area contributed by atoms with Gasteiger partial charge in [0, 0.05) is 30.3 Å². The minimum Gasteiger partial charge on any atom is -0.364 e. The Hall–Kier alpha value is -3.62. The van der Waals surface area contributed by atoms with Gasteiger partial charge in [-0.3, -0.25) is 23.7 Å². The topological polar surface area (TPSA) is 111 Å². The van der Waals surface area contributed by atoms with Gasteiger partial charge in [0.2, 0.25) is 0 Å². The molecule has 9 nitrogen and oxygen atoms in total. The van der Waals surface area contributed by atoms with Crippen LogP contribution < -0.4 is 27.8 Å². The molecule has 3 aromatic rings. The summed E-state index contributed by atoms with van der Waals surface area (Å²) in [6, 6.07) is 11.0. The van der Waals surface area contributed by atoms with Crippen molar-refractivity contribution in [1.82, 2.24) is 18.7 Å². The fourth-order valence-corrected chi connectivity index (χ4v) is 3.52. The van der Waals surface area contributed by atoms with Crippen molar-refractivity contribution in [2.45, 2.75) is 52.7 Å². The Labute approximate surface area is 178 Å². The zero-order chi connectivity index (χ0) is 22.9. The number of aromatic nitrogens is 4. The maximum absolute atomic E-state index is 13.3. The molecule has 2 heterocycles. The largest absolute Gasteiger partial charge is 0.364 e. The molecule has 164 valence electrons. The molecule has 0 saturated carbocycles. The molecule has 0 fully saturated rings. The zero-order valence-electron chi connectivity index (χ0n) is 18.2.